The number of fused-ring (bicyclic) bond motifs is 1. The van der Waals surface area contributed by atoms with Crippen LogP contribution >= 0.6 is 0 Å². The first-order chi connectivity index (χ1) is 7.08. The summed E-state index contributed by atoms with van der Waals surface area (Å²) in [5, 5.41) is 1.24. The maximum absolute atomic E-state index is 11.0. The van der Waals surface area contributed by atoms with Gasteiger partial charge in [-0.25, -0.2) is 0 Å². The monoisotopic (exact) mass is 201 g/mol. The van der Waals surface area contributed by atoms with E-state index in [2.05, 4.69) is 36.7 Å². The van der Waals surface area contributed by atoms with Gasteiger partial charge in [0, 0.05) is 24.7 Å². The molecule has 1 aromatic carbocycles. The molecule has 0 atom stereocenters. The van der Waals surface area contributed by atoms with Crippen LogP contribution < -0.4 is 0 Å². The number of carbonyl (C=O) groups excluding carboxylic acids is 1. The number of Topliss-reactive ketones (excluding diaryl/α,β-unsaturated/α-hetero) is 1. The molecule has 0 aliphatic carbocycles. The zero-order valence-corrected chi connectivity index (χ0v) is 9.37. The second-order valence-electron chi connectivity index (χ2n) is 4.12. The van der Waals surface area contributed by atoms with Crippen LogP contribution in [0.4, 0.5) is 0 Å². The second kappa shape index (κ2) is 3.54. The highest BCUT2D eigenvalue weighted by Gasteiger charge is 2.04. The molecule has 0 fully saturated rings. The third-order valence-corrected chi connectivity index (χ3v) is 2.80. The van der Waals surface area contributed by atoms with Crippen LogP contribution in [0.5, 0.6) is 0 Å². The van der Waals surface area contributed by atoms with Gasteiger partial charge < -0.3 is 4.57 Å². The zero-order valence-electron chi connectivity index (χ0n) is 9.37. The van der Waals surface area contributed by atoms with Crippen molar-refractivity contribution in [3.8, 4) is 0 Å². The summed E-state index contributed by atoms with van der Waals surface area (Å²) >= 11 is 0. The predicted octanol–water partition coefficient (Wildman–Crippen LogP) is 2.62. The number of nitrogens with zero attached hydrogens (tertiary/aromatic N) is 1. The lowest BCUT2D eigenvalue weighted by Crippen LogP contribution is -1.96. The number of ketones is 1. The second-order valence-corrected chi connectivity index (χ2v) is 4.12. The SMILES string of the molecule is CC(=O)Cc1ccc2cc(C)n(C)c2c1. The van der Waals surface area contributed by atoms with Gasteiger partial charge in [0.1, 0.15) is 5.78 Å². The molecule has 2 nitrogen and oxygen atoms in total. The normalized spacial score (nSPS) is 10.9. The maximum Gasteiger partial charge on any atom is 0.134 e. The summed E-state index contributed by atoms with van der Waals surface area (Å²) in [5.41, 5.74) is 3.53. The Morgan fingerprint density at radius 1 is 1.33 bits per heavy atom. The molecule has 2 heteroatoms. The van der Waals surface area contributed by atoms with Gasteiger partial charge in [-0.15, -0.1) is 0 Å². The van der Waals surface area contributed by atoms with Crippen LogP contribution in [0, 0.1) is 6.92 Å². The van der Waals surface area contributed by atoms with Crippen molar-refractivity contribution in [2.45, 2.75) is 20.3 Å². The van der Waals surface area contributed by atoms with Crippen LogP contribution in [0.1, 0.15) is 18.2 Å². The third kappa shape index (κ3) is 1.80. The highest BCUT2D eigenvalue weighted by molar-refractivity contribution is 5.84. The van der Waals surface area contributed by atoms with Crippen LogP contribution in [0.2, 0.25) is 0 Å². The Labute approximate surface area is 89.5 Å². The Morgan fingerprint density at radius 2 is 2.07 bits per heavy atom. The molecule has 2 rings (SSSR count). The summed E-state index contributed by atoms with van der Waals surface area (Å²) in [6, 6.07) is 8.38. The van der Waals surface area contributed by atoms with Gasteiger partial charge in [0.05, 0.1) is 0 Å². The van der Waals surface area contributed by atoms with E-state index in [9.17, 15) is 4.79 Å². The fourth-order valence-corrected chi connectivity index (χ4v) is 1.91. The van der Waals surface area contributed by atoms with Gasteiger partial charge in [0.15, 0.2) is 0 Å². The standard InChI is InChI=1S/C13H15NO/c1-9-6-12-5-4-11(7-10(2)15)8-13(12)14(9)3/h4-6,8H,7H2,1-3H3. The number of benzene rings is 1. The van der Waals surface area contributed by atoms with E-state index in [0.29, 0.717) is 6.42 Å². The average molecular weight is 201 g/mol. The molecule has 0 saturated heterocycles. The lowest BCUT2D eigenvalue weighted by molar-refractivity contribution is -0.116. The van der Waals surface area contributed by atoms with Crippen molar-refractivity contribution in [2.75, 3.05) is 0 Å². The molecule has 15 heavy (non-hydrogen) atoms. The molecule has 0 spiro atoms. The van der Waals surface area contributed by atoms with Gasteiger partial charge in [0.25, 0.3) is 0 Å². The van der Waals surface area contributed by atoms with Crippen molar-refractivity contribution < 1.29 is 4.79 Å². The minimum Gasteiger partial charge on any atom is -0.348 e. The minimum absolute atomic E-state index is 0.209. The highest BCUT2D eigenvalue weighted by Crippen LogP contribution is 2.19. The van der Waals surface area contributed by atoms with E-state index in [4.69, 9.17) is 0 Å². The number of carbonyl (C=O) groups is 1. The molecular formula is C13H15NO. The topological polar surface area (TPSA) is 22.0 Å². The molecule has 78 valence electrons. The molecule has 0 N–H and O–H groups in total. The third-order valence-electron chi connectivity index (χ3n) is 2.80. The van der Waals surface area contributed by atoms with Crippen LogP contribution in [0.3, 0.4) is 0 Å². The van der Waals surface area contributed by atoms with Crippen LogP contribution in [0.25, 0.3) is 10.9 Å². The Morgan fingerprint density at radius 3 is 2.73 bits per heavy atom. The molecule has 0 amide bonds. The minimum atomic E-state index is 0.209. The van der Waals surface area contributed by atoms with Crippen molar-refractivity contribution in [1.82, 2.24) is 4.57 Å². The molecule has 0 unspecified atom stereocenters. The Kier molecular flexibility index (Phi) is 2.35. The van der Waals surface area contributed by atoms with E-state index in [1.54, 1.807) is 6.92 Å². The molecule has 0 bridgehead atoms. The summed E-state index contributed by atoms with van der Waals surface area (Å²) < 4.78 is 2.15. The fourth-order valence-electron chi connectivity index (χ4n) is 1.91. The van der Waals surface area contributed by atoms with Crippen molar-refractivity contribution in [2.24, 2.45) is 7.05 Å². The first-order valence-corrected chi connectivity index (χ1v) is 5.12. The molecule has 0 aliphatic heterocycles. The number of hydrogen-bond donors (Lipinski definition) is 0. The predicted molar refractivity (Wildman–Crippen MR) is 62.0 cm³/mol. The van der Waals surface area contributed by atoms with Gasteiger partial charge in [-0.2, -0.15) is 0 Å². The Hall–Kier alpha value is -1.57. The first kappa shape index (κ1) is 9.97. The summed E-state index contributed by atoms with van der Waals surface area (Å²) in [7, 11) is 2.05. The van der Waals surface area contributed by atoms with Gasteiger partial charge >= 0.3 is 0 Å². The summed E-state index contributed by atoms with van der Waals surface area (Å²) in [6.45, 7) is 3.71. The summed E-state index contributed by atoms with van der Waals surface area (Å²) in [5.74, 6) is 0.209. The zero-order chi connectivity index (χ0) is 11.0. The number of aryl methyl sites for hydroxylation is 2. The molecule has 0 radical (unpaired) electrons. The Bertz CT molecular complexity index is 523. The van der Waals surface area contributed by atoms with E-state index < -0.39 is 0 Å². The van der Waals surface area contributed by atoms with Crippen molar-refractivity contribution >= 4 is 16.7 Å². The average Bonchev–Trinajstić information content (AvgIpc) is 2.43. The molecule has 0 aliphatic rings. The maximum atomic E-state index is 11.0. The number of aromatic nitrogens is 1. The lowest BCUT2D eigenvalue weighted by Gasteiger charge is -2.01. The van der Waals surface area contributed by atoms with Crippen molar-refractivity contribution in [1.29, 1.82) is 0 Å². The fraction of sp³-hybridized carbons (Fsp3) is 0.308. The highest BCUT2D eigenvalue weighted by atomic mass is 16.1. The van der Waals surface area contributed by atoms with Gasteiger partial charge in [-0.3, -0.25) is 4.79 Å². The quantitative estimate of drug-likeness (QED) is 0.732. The van der Waals surface area contributed by atoms with E-state index in [0.717, 1.165) is 5.56 Å². The number of rotatable bonds is 2. The van der Waals surface area contributed by atoms with Crippen LogP contribution in [0.15, 0.2) is 24.3 Å². The molecule has 0 saturated carbocycles. The van der Waals surface area contributed by atoms with Gasteiger partial charge in [0.2, 0.25) is 0 Å². The smallest absolute Gasteiger partial charge is 0.134 e. The molecular weight excluding hydrogens is 186 g/mol. The number of hydrogen-bond acceptors (Lipinski definition) is 1. The molecule has 2 aromatic rings. The van der Waals surface area contributed by atoms with Crippen molar-refractivity contribution in [3.05, 3.63) is 35.5 Å². The Balaban J connectivity index is 2.54. The van der Waals surface area contributed by atoms with Crippen LogP contribution in [-0.4, -0.2) is 10.4 Å². The summed E-state index contributed by atoms with van der Waals surface area (Å²) in [4.78, 5) is 11.0. The van der Waals surface area contributed by atoms with E-state index in [1.165, 1.54) is 16.6 Å². The van der Waals surface area contributed by atoms with E-state index in [1.807, 2.05) is 6.07 Å². The largest absolute Gasteiger partial charge is 0.348 e. The van der Waals surface area contributed by atoms with Crippen molar-refractivity contribution in [3.63, 3.8) is 0 Å². The van der Waals surface area contributed by atoms with Crippen LogP contribution in [-0.2, 0) is 18.3 Å². The lowest BCUT2D eigenvalue weighted by atomic mass is 10.1. The summed E-state index contributed by atoms with van der Waals surface area (Å²) in [6.07, 6.45) is 0.528. The van der Waals surface area contributed by atoms with E-state index in [-0.39, 0.29) is 5.78 Å². The first-order valence-electron chi connectivity index (χ1n) is 5.12. The molecule has 1 heterocycles. The van der Waals surface area contributed by atoms with Gasteiger partial charge in [-0.05, 0) is 36.9 Å². The van der Waals surface area contributed by atoms with E-state index >= 15 is 0 Å². The van der Waals surface area contributed by atoms with Gasteiger partial charge in [-0.1, -0.05) is 12.1 Å². The molecule has 1 aromatic heterocycles.